The maximum absolute atomic E-state index is 11.3. The number of hydrogen-bond acceptors (Lipinski definition) is 6. The second kappa shape index (κ2) is 12.3. The number of aromatic nitrogens is 1. The van der Waals surface area contributed by atoms with Gasteiger partial charge in [-0.05, 0) is 61.4 Å². The summed E-state index contributed by atoms with van der Waals surface area (Å²) in [6, 6.07) is 14.4. The van der Waals surface area contributed by atoms with Crippen LogP contribution in [0, 0.1) is 12.8 Å². The van der Waals surface area contributed by atoms with Gasteiger partial charge in [0, 0.05) is 18.8 Å². The van der Waals surface area contributed by atoms with E-state index < -0.39 is 12.1 Å². The number of aryl methyl sites for hydroxylation is 1. The summed E-state index contributed by atoms with van der Waals surface area (Å²) in [5, 5.41) is 11.6. The Labute approximate surface area is 206 Å². The van der Waals surface area contributed by atoms with Crippen LogP contribution in [0.5, 0.6) is 0 Å². The summed E-state index contributed by atoms with van der Waals surface area (Å²) in [4.78, 5) is 16.0. The summed E-state index contributed by atoms with van der Waals surface area (Å²) in [6.45, 7) is 5.30. The molecule has 4 rings (SSSR count). The van der Waals surface area contributed by atoms with Gasteiger partial charge in [0.05, 0.1) is 19.3 Å². The first-order valence-electron chi connectivity index (χ1n) is 12.5. The number of fused-ring (bicyclic) bond motifs is 1. The Balaban J connectivity index is 1.27. The fraction of sp³-hybridized carbons (Fsp3) is 0.500. The molecule has 3 atom stereocenters. The van der Waals surface area contributed by atoms with Gasteiger partial charge in [-0.2, -0.15) is 0 Å². The van der Waals surface area contributed by atoms with Gasteiger partial charge >= 0.3 is 5.97 Å². The molecule has 2 aromatic carbocycles. The third-order valence-corrected chi connectivity index (χ3v) is 6.50. The van der Waals surface area contributed by atoms with Crippen LogP contribution in [0.1, 0.15) is 50.5 Å². The highest BCUT2D eigenvalue weighted by Crippen LogP contribution is 2.29. The fourth-order valence-corrected chi connectivity index (χ4v) is 4.54. The SMILES string of the molecule is CCCOC(COCC1CCCC(OCc2nc(-c3ccc4ccccc4c3)oc2C)C1)C(=O)O. The molecule has 0 amide bonds. The van der Waals surface area contributed by atoms with Crippen LogP contribution in [-0.4, -0.2) is 48.1 Å². The predicted molar refractivity (Wildman–Crippen MR) is 133 cm³/mol. The van der Waals surface area contributed by atoms with Gasteiger partial charge in [-0.1, -0.05) is 43.7 Å². The van der Waals surface area contributed by atoms with Crippen molar-refractivity contribution in [2.24, 2.45) is 5.92 Å². The number of carboxylic acids is 1. The molecule has 188 valence electrons. The van der Waals surface area contributed by atoms with Crippen molar-refractivity contribution in [2.75, 3.05) is 19.8 Å². The van der Waals surface area contributed by atoms with Crippen LogP contribution in [0.15, 0.2) is 46.9 Å². The zero-order valence-electron chi connectivity index (χ0n) is 20.6. The normalized spacial score (nSPS) is 19.1. The molecule has 0 radical (unpaired) electrons. The number of hydrogen-bond donors (Lipinski definition) is 1. The Hall–Kier alpha value is -2.74. The highest BCUT2D eigenvalue weighted by molar-refractivity contribution is 5.86. The largest absolute Gasteiger partial charge is 0.479 e. The van der Waals surface area contributed by atoms with Crippen molar-refractivity contribution < 1.29 is 28.5 Å². The van der Waals surface area contributed by atoms with Crippen LogP contribution in [0.25, 0.3) is 22.2 Å². The summed E-state index contributed by atoms with van der Waals surface area (Å²) in [5.74, 6) is 0.756. The Bertz CT molecular complexity index is 1110. The molecular formula is C28H35NO6. The van der Waals surface area contributed by atoms with Gasteiger partial charge in [-0.25, -0.2) is 9.78 Å². The van der Waals surface area contributed by atoms with Crippen LogP contribution in [0.4, 0.5) is 0 Å². The van der Waals surface area contributed by atoms with E-state index in [0.717, 1.165) is 54.5 Å². The third-order valence-electron chi connectivity index (χ3n) is 6.50. The van der Waals surface area contributed by atoms with E-state index in [1.807, 2.05) is 32.0 Å². The van der Waals surface area contributed by atoms with E-state index in [-0.39, 0.29) is 12.7 Å². The van der Waals surface area contributed by atoms with E-state index in [9.17, 15) is 9.90 Å². The molecule has 1 aromatic heterocycles. The molecule has 1 heterocycles. The number of ether oxygens (including phenoxy) is 3. The van der Waals surface area contributed by atoms with Gasteiger partial charge in [0.2, 0.25) is 5.89 Å². The molecule has 0 aliphatic heterocycles. The summed E-state index contributed by atoms with van der Waals surface area (Å²) in [6.07, 6.45) is 4.02. The number of carboxylic acid groups (broad SMARTS) is 1. The molecule has 1 N–H and O–H groups in total. The second-order valence-corrected chi connectivity index (χ2v) is 9.28. The van der Waals surface area contributed by atoms with Gasteiger partial charge in [-0.3, -0.25) is 0 Å². The highest BCUT2D eigenvalue weighted by atomic mass is 16.5. The average molecular weight is 482 g/mol. The zero-order valence-corrected chi connectivity index (χ0v) is 20.6. The number of carbonyl (C=O) groups is 1. The van der Waals surface area contributed by atoms with E-state index in [1.165, 1.54) is 5.39 Å². The minimum atomic E-state index is -0.977. The number of rotatable bonds is 12. The average Bonchev–Trinajstić information content (AvgIpc) is 3.25. The summed E-state index contributed by atoms with van der Waals surface area (Å²) in [5.41, 5.74) is 1.78. The molecule has 3 aromatic rings. The van der Waals surface area contributed by atoms with Crippen LogP contribution in [0.2, 0.25) is 0 Å². The molecule has 0 spiro atoms. The van der Waals surface area contributed by atoms with Crippen LogP contribution < -0.4 is 0 Å². The number of benzene rings is 2. The van der Waals surface area contributed by atoms with E-state index in [4.69, 9.17) is 23.6 Å². The lowest BCUT2D eigenvalue weighted by molar-refractivity contribution is -0.155. The molecule has 1 aliphatic carbocycles. The Morgan fingerprint density at radius 1 is 1.20 bits per heavy atom. The Morgan fingerprint density at radius 2 is 2.03 bits per heavy atom. The molecule has 1 saturated carbocycles. The van der Waals surface area contributed by atoms with Crippen molar-refractivity contribution in [3.05, 3.63) is 53.9 Å². The lowest BCUT2D eigenvalue weighted by atomic mass is 9.88. The standard InChI is InChI=1S/C28H35NO6/c1-3-13-33-26(28(30)31)18-32-16-20-7-6-10-24(14-20)34-17-25-19(2)35-27(29-25)23-12-11-21-8-4-5-9-22(21)15-23/h4-5,8-9,11-12,15,20,24,26H,3,6-7,10,13-14,16-18H2,1-2H3,(H,30,31). The minimum absolute atomic E-state index is 0.0764. The molecule has 7 heteroatoms. The van der Waals surface area contributed by atoms with Crippen molar-refractivity contribution in [2.45, 2.75) is 64.8 Å². The first-order valence-corrected chi connectivity index (χ1v) is 12.5. The maximum atomic E-state index is 11.3. The summed E-state index contributed by atoms with van der Waals surface area (Å²) < 4.78 is 23.3. The van der Waals surface area contributed by atoms with E-state index in [2.05, 4.69) is 24.3 Å². The molecule has 1 aliphatic rings. The van der Waals surface area contributed by atoms with Crippen molar-refractivity contribution in [1.82, 2.24) is 4.98 Å². The van der Waals surface area contributed by atoms with E-state index in [0.29, 0.717) is 31.6 Å². The lowest BCUT2D eigenvalue weighted by Crippen LogP contribution is -2.31. The molecular weight excluding hydrogens is 446 g/mol. The number of oxazole rings is 1. The topological polar surface area (TPSA) is 91.0 Å². The van der Waals surface area contributed by atoms with E-state index >= 15 is 0 Å². The van der Waals surface area contributed by atoms with Crippen LogP contribution >= 0.6 is 0 Å². The highest BCUT2D eigenvalue weighted by Gasteiger charge is 2.25. The van der Waals surface area contributed by atoms with E-state index in [1.54, 1.807) is 0 Å². The third kappa shape index (κ3) is 6.90. The van der Waals surface area contributed by atoms with Crippen molar-refractivity contribution >= 4 is 16.7 Å². The molecule has 3 unspecified atom stereocenters. The number of nitrogens with zero attached hydrogens (tertiary/aromatic N) is 1. The quantitative estimate of drug-likeness (QED) is 0.351. The monoisotopic (exact) mass is 481 g/mol. The Kier molecular flexibility index (Phi) is 8.90. The van der Waals surface area contributed by atoms with Gasteiger partial charge in [0.25, 0.3) is 0 Å². The van der Waals surface area contributed by atoms with Gasteiger partial charge in [0.1, 0.15) is 11.5 Å². The molecule has 0 saturated heterocycles. The van der Waals surface area contributed by atoms with Gasteiger partial charge in [0.15, 0.2) is 6.10 Å². The van der Waals surface area contributed by atoms with Crippen molar-refractivity contribution in [3.8, 4) is 11.5 Å². The van der Waals surface area contributed by atoms with Gasteiger partial charge in [-0.15, -0.1) is 0 Å². The maximum Gasteiger partial charge on any atom is 0.335 e. The fourth-order valence-electron chi connectivity index (χ4n) is 4.54. The predicted octanol–water partition coefficient (Wildman–Crippen LogP) is 5.78. The van der Waals surface area contributed by atoms with Gasteiger partial charge < -0.3 is 23.7 Å². The first kappa shape index (κ1) is 25.4. The summed E-state index contributed by atoms with van der Waals surface area (Å²) in [7, 11) is 0. The lowest BCUT2D eigenvalue weighted by Gasteiger charge is -2.29. The van der Waals surface area contributed by atoms with Crippen LogP contribution in [-0.2, 0) is 25.6 Å². The van der Waals surface area contributed by atoms with Crippen LogP contribution in [0.3, 0.4) is 0 Å². The molecule has 7 nitrogen and oxygen atoms in total. The smallest absolute Gasteiger partial charge is 0.335 e. The van der Waals surface area contributed by atoms with Crippen molar-refractivity contribution in [3.63, 3.8) is 0 Å². The van der Waals surface area contributed by atoms with Crippen molar-refractivity contribution in [1.29, 1.82) is 0 Å². The molecule has 1 fully saturated rings. The second-order valence-electron chi connectivity index (χ2n) is 9.28. The molecule has 35 heavy (non-hydrogen) atoms. The Morgan fingerprint density at radius 3 is 2.83 bits per heavy atom. The zero-order chi connectivity index (χ0) is 24.6. The number of aliphatic carboxylic acids is 1. The summed E-state index contributed by atoms with van der Waals surface area (Å²) >= 11 is 0. The first-order chi connectivity index (χ1) is 17.0. The minimum Gasteiger partial charge on any atom is -0.479 e. The molecule has 0 bridgehead atoms.